The standard InChI is InChI=1S/C19H23N3O4S2/c1-12-5-4-6-13(2)21(12)19(27)28-11-16(23)17-18(24)26-20-22(17)14-7-9-15(25-3)10-8-14/h7-10,12-13H,4-6,11H2,1-3H3/p+1. The first-order valence-corrected chi connectivity index (χ1v) is 10.6. The van der Waals surface area contributed by atoms with Gasteiger partial charge in [0.1, 0.15) is 10.1 Å². The molecule has 2 heterocycles. The zero-order valence-corrected chi connectivity index (χ0v) is 17.8. The van der Waals surface area contributed by atoms with Gasteiger partial charge in [-0.1, -0.05) is 24.0 Å². The lowest BCUT2D eigenvalue weighted by Crippen LogP contribution is -2.46. The van der Waals surface area contributed by atoms with E-state index in [1.807, 2.05) is 0 Å². The van der Waals surface area contributed by atoms with Gasteiger partial charge in [0, 0.05) is 24.2 Å². The second kappa shape index (κ2) is 8.91. The monoisotopic (exact) mass is 422 g/mol. The Balaban J connectivity index is 1.73. The molecule has 2 unspecified atom stereocenters. The number of carbonyl (C=O) groups is 1. The summed E-state index contributed by atoms with van der Waals surface area (Å²) in [5.41, 5.74) is -0.159. The van der Waals surface area contributed by atoms with Crippen LogP contribution in [0.4, 0.5) is 0 Å². The highest BCUT2D eigenvalue weighted by Gasteiger charge is 2.32. The van der Waals surface area contributed by atoms with Crippen LogP contribution in [0.15, 0.2) is 33.6 Å². The third-order valence-electron chi connectivity index (χ3n) is 4.97. The van der Waals surface area contributed by atoms with Crippen LogP contribution in [0.25, 0.3) is 5.69 Å². The van der Waals surface area contributed by atoms with Crippen LogP contribution in [-0.2, 0) is 0 Å². The zero-order valence-electron chi connectivity index (χ0n) is 16.1. The van der Waals surface area contributed by atoms with Crippen molar-refractivity contribution in [1.82, 2.24) is 10.2 Å². The van der Waals surface area contributed by atoms with E-state index in [0.717, 1.165) is 12.8 Å². The molecule has 1 N–H and O–H groups in total. The highest BCUT2D eigenvalue weighted by Crippen LogP contribution is 2.26. The summed E-state index contributed by atoms with van der Waals surface area (Å²) in [6.07, 6.45) is 3.38. The molecule has 2 atom stereocenters. The molecule has 0 aliphatic carbocycles. The number of Topliss-reactive ketones (excluding diaryl/α,β-unsaturated/α-hetero) is 1. The Bertz CT molecular complexity index is 897. The van der Waals surface area contributed by atoms with Gasteiger partial charge in [-0.15, -0.1) is 0 Å². The minimum atomic E-state index is -0.702. The summed E-state index contributed by atoms with van der Waals surface area (Å²) in [4.78, 5) is 27.1. The minimum absolute atomic E-state index is 0.0554. The van der Waals surface area contributed by atoms with Crippen molar-refractivity contribution < 1.29 is 18.7 Å². The summed E-state index contributed by atoms with van der Waals surface area (Å²) in [6, 6.07) is 7.67. The topological polar surface area (TPSA) is 79.4 Å². The van der Waals surface area contributed by atoms with Crippen LogP contribution in [0.3, 0.4) is 0 Å². The number of piperidine rings is 1. The van der Waals surface area contributed by atoms with Crippen molar-refractivity contribution in [3.8, 4) is 11.4 Å². The molecule has 7 nitrogen and oxygen atoms in total. The fourth-order valence-corrected chi connectivity index (χ4v) is 4.91. The molecule has 0 bridgehead atoms. The van der Waals surface area contributed by atoms with Gasteiger partial charge in [-0.3, -0.25) is 9.32 Å². The predicted molar refractivity (Wildman–Crippen MR) is 111 cm³/mol. The number of carbonyl (C=O) groups excluding carboxylic acids is 1. The number of ketones is 1. The number of thioether (sulfide) groups is 1. The highest BCUT2D eigenvalue weighted by atomic mass is 32.2. The first-order valence-electron chi connectivity index (χ1n) is 9.18. The number of nitrogens with one attached hydrogen (secondary N) is 1. The van der Waals surface area contributed by atoms with Crippen LogP contribution in [0.5, 0.6) is 5.75 Å². The van der Waals surface area contributed by atoms with Gasteiger partial charge in [0.15, 0.2) is 0 Å². The number of aromatic nitrogens is 2. The third-order valence-corrected chi connectivity index (χ3v) is 6.40. The van der Waals surface area contributed by atoms with Crippen molar-refractivity contribution in [2.75, 3.05) is 12.9 Å². The van der Waals surface area contributed by atoms with Crippen molar-refractivity contribution in [2.45, 2.75) is 45.2 Å². The number of thiocarbonyl (C=S) groups is 1. The molecule has 1 aromatic heterocycles. The molecule has 1 aliphatic rings. The first-order chi connectivity index (χ1) is 13.4. The maximum atomic E-state index is 12.8. The first kappa shape index (κ1) is 20.6. The Kier molecular flexibility index (Phi) is 6.56. The van der Waals surface area contributed by atoms with Crippen molar-refractivity contribution in [2.24, 2.45) is 0 Å². The van der Waals surface area contributed by atoms with E-state index in [-0.39, 0.29) is 17.2 Å². The molecule has 1 aliphatic heterocycles. The van der Waals surface area contributed by atoms with Gasteiger partial charge in [-0.05, 0) is 55.2 Å². The SMILES string of the molecule is COc1ccc(-[n+]2[nH]oc(=O)c2C(=O)CSC(=S)N2C(C)CCCC2C)cc1. The molecule has 3 rings (SSSR count). The number of likely N-dealkylation sites (tertiary alicyclic amines) is 1. The van der Waals surface area contributed by atoms with Gasteiger partial charge < -0.3 is 9.64 Å². The number of aromatic amines is 1. The van der Waals surface area contributed by atoms with Gasteiger partial charge in [-0.25, -0.2) is 4.79 Å². The quantitative estimate of drug-likeness (QED) is 0.451. The van der Waals surface area contributed by atoms with Gasteiger partial charge in [0.25, 0.3) is 0 Å². The maximum absolute atomic E-state index is 12.8. The molecule has 9 heteroatoms. The summed E-state index contributed by atoms with van der Waals surface area (Å²) in [6.45, 7) is 4.31. The number of ether oxygens (including phenoxy) is 1. The van der Waals surface area contributed by atoms with Crippen molar-refractivity contribution in [1.29, 1.82) is 0 Å². The lowest BCUT2D eigenvalue weighted by molar-refractivity contribution is -0.672. The normalized spacial score (nSPS) is 19.5. The maximum Gasteiger partial charge on any atom is 0.438 e. The fourth-order valence-electron chi connectivity index (χ4n) is 3.48. The molecule has 2 aromatic rings. The lowest BCUT2D eigenvalue weighted by atomic mass is 9.99. The molecule has 1 aromatic carbocycles. The average Bonchev–Trinajstić information content (AvgIpc) is 3.07. The number of benzene rings is 1. The summed E-state index contributed by atoms with van der Waals surface area (Å²) in [7, 11) is 1.57. The lowest BCUT2D eigenvalue weighted by Gasteiger charge is -2.40. The molecule has 0 radical (unpaired) electrons. The Hall–Kier alpha value is -2.13. The number of H-pyrrole nitrogens is 1. The van der Waals surface area contributed by atoms with Gasteiger partial charge in [0.05, 0.1) is 12.9 Å². The summed E-state index contributed by atoms with van der Waals surface area (Å²) < 4.78 is 12.0. The van der Waals surface area contributed by atoms with Gasteiger partial charge in [0.2, 0.25) is 11.5 Å². The Labute approximate surface area is 173 Å². The Morgan fingerprint density at radius 3 is 2.57 bits per heavy atom. The van der Waals surface area contributed by atoms with Crippen LogP contribution in [0, 0.1) is 0 Å². The third kappa shape index (κ3) is 4.30. The van der Waals surface area contributed by atoms with Crippen LogP contribution in [0.1, 0.15) is 43.6 Å². The van der Waals surface area contributed by atoms with Crippen LogP contribution < -0.4 is 15.0 Å². The van der Waals surface area contributed by atoms with E-state index in [0.29, 0.717) is 27.8 Å². The fraction of sp³-hybridized carbons (Fsp3) is 0.474. The highest BCUT2D eigenvalue weighted by molar-refractivity contribution is 8.23. The van der Waals surface area contributed by atoms with Gasteiger partial charge >= 0.3 is 11.3 Å². The van der Waals surface area contributed by atoms with E-state index < -0.39 is 5.63 Å². The van der Waals surface area contributed by atoms with Crippen LogP contribution in [-0.4, -0.2) is 45.2 Å². The van der Waals surface area contributed by atoms with E-state index in [2.05, 4.69) is 24.0 Å². The van der Waals surface area contributed by atoms with Crippen molar-refractivity contribution in [3.63, 3.8) is 0 Å². The van der Waals surface area contributed by atoms with E-state index in [1.165, 1.54) is 22.9 Å². The Morgan fingerprint density at radius 2 is 1.96 bits per heavy atom. The number of nitrogens with zero attached hydrogens (tertiary/aromatic N) is 2. The largest absolute Gasteiger partial charge is 0.497 e. The molecule has 1 saturated heterocycles. The summed E-state index contributed by atoms with van der Waals surface area (Å²) in [5, 5.41) is 2.49. The second-order valence-electron chi connectivity index (χ2n) is 6.88. The molecular formula is C19H24N3O4S2+. The molecule has 0 amide bonds. The van der Waals surface area contributed by atoms with Crippen LogP contribution in [0.2, 0.25) is 0 Å². The average molecular weight is 423 g/mol. The van der Waals surface area contributed by atoms with Gasteiger partial charge in [-0.2, -0.15) is 0 Å². The predicted octanol–water partition coefficient (Wildman–Crippen LogP) is 2.72. The molecule has 0 spiro atoms. The van der Waals surface area contributed by atoms with Crippen LogP contribution >= 0.6 is 24.0 Å². The van der Waals surface area contributed by atoms with E-state index in [4.69, 9.17) is 21.5 Å². The van der Waals surface area contributed by atoms with E-state index in [9.17, 15) is 9.59 Å². The van der Waals surface area contributed by atoms with Crippen molar-refractivity contribution in [3.05, 3.63) is 40.4 Å². The van der Waals surface area contributed by atoms with Crippen molar-refractivity contribution >= 4 is 34.1 Å². The zero-order chi connectivity index (χ0) is 20.3. The minimum Gasteiger partial charge on any atom is -0.497 e. The number of hydrogen-bond donors (Lipinski definition) is 1. The molecule has 0 saturated carbocycles. The summed E-state index contributed by atoms with van der Waals surface area (Å²) >= 11 is 6.86. The number of methoxy groups -OCH3 is 1. The summed E-state index contributed by atoms with van der Waals surface area (Å²) in [5.74, 6) is 0.414. The van der Waals surface area contributed by atoms with E-state index in [1.54, 1.807) is 31.4 Å². The smallest absolute Gasteiger partial charge is 0.438 e. The molecular weight excluding hydrogens is 398 g/mol. The van der Waals surface area contributed by atoms with E-state index >= 15 is 0 Å². The number of hydrogen-bond acceptors (Lipinski definition) is 6. The Morgan fingerprint density at radius 1 is 1.32 bits per heavy atom. The molecule has 1 fully saturated rings. The molecule has 150 valence electrons. The second-order valence-corrected chi connectivity index (χ2v) is 8.49. The number of rotatable bonds is 5. The molecule has 28 heavy (non-hydrogen) atoms.